The molecule has 2 nitrogen and oxygen atoms in total. The Balaban J connectivity index is 1.52. The number of nitrogens with zero attached hydrogens (tertiary/aromatic N) is 1. The van der Waals surface area contributed by atoms with Crippen LogP contribution in [-0.4, -0.2) is 7.05 Å². The minimum Gasteiger partial charge on any atom is -0.378 e. The van der Waals surface area contributed by atoms with Crippen molar-refractivity contribution in [1.82, 2.24) is 0 Å². The van der Waals surface area contributed by atoms with Crippen LogP contribution in [0.15, 0.2) is 66.7 Å². The van der Waals surface area contributed by atoms with Gasteiger partial charge in [-0.05, 0) is 72.0 Å². The zero-order valence-corrected chi connectivity index (χ0v) is 16.0. The van der Waals surface area contributed by atoms with Gasteiger partial charge in [0.15, 0.2) is 0 Å². The van der Waals surface area contributed by atoms with E-state index in [1.54, 1.807) is 0 Å². The van der Waals surface area contributed by atoms with E-state index in [-0.39, 0.29) is 11.9 Å². The van der Waals surface area contributed by atoms with Crippen molar-refractivity contribution in [2.75, 3.05) is 17.3 Å². The standard InChI is InChI=1S/C23H22ClFN2/c1-27(15-16-5-9-19(25)10-6-16)21-11-7-17-8-12-23(22(17)14-21)26-20-4-2-3-18(24)13-20/h2-7,9-11,13-14,23,26H,8,12,15H2,1H3. The number of hydrogen-bond donors (Lipinski definition) is 1. The second kappa shape index (κ2) is 7.61. The van der Waals surface area contributed by atoms with Gasteiger partial charge in [0, 0.05) is 30.0 Å². The van der Waals surface area contributed by atoms with Crippen molar-refractivity contribution in [3.05, 3.63) is 94.3 Å². The Bertz CT molecular complexity index is 939. The molecular formula is C23H22ClFN2. The maximum absolute atomic E-state index is 13.1. The summed E-state index contributed by atoms with van der Waals surface area (Å²) in [5, 5.41) is 4.36. The molecular weight excluding hydrogens is 359 g/mol. The van der Waals surface area contributed by atoms with Crippen LogP contribution in [0.3, 0.4) is 0 Å². The lowest BCUT2D eigenvalue weighted by molar-refractivity contribution is 0.627. The van der Waals surface area contributed by atoms with Gasteiger partial charge in [0.05, 0.1) is 6.04 Å². The SMILES string of the molecule is CN(Cc1ccc(F)cc1)c1ccc2c(c1)C(Nc1cccc(Cl)c1)CC2. The van der Waals surface area contributed by atoms with Crippen molar-refractivity contribution in [2.24, 2.45) is 0 Å². The van der Waals surface area contributed by atoms with Gasteiger partial charge >= 0.3 is 0 Å². The van der Waals surface area contributed by atoms with E-state index in [1.807, 2.05) is 36.4 Å². The first-order chi connectivity index (χ1) is 13.1. The maximum atomic E-state index is 13.1. The van der Waals surface area contributed by atoms with Crippen LogP contribution in [0, 0.1) is 5.82 Å². The molecule has 0 amide bonds. The van der Waals surface area contributed by atoms with Crippen LogP contribution in [0.2, 0.25) is 5.02 Å². The van der Waals surface area contributed by atoms with Crippen LogP contribution in [0.25, 0.3) is 0 Å². The van der Waals surface area contributed by atoms with Crippen LogP contribution < -0.4 is 10.2 Å². The molecule has 0 heterocycles. The summed E-state index contributed by atoms with van der Waals surface area (Å²) in [6.45, 7) is 0.742. The molecule has 4 heteroatoms. The Hall–Kier alpha value is -2.52. The summed E-state index contributed by atoms with van der Waals surface area (Å²) >= 11 is 6.11. The number of aryl methyl sites for hydroxylation is 1. The van der Waals surface area contributed by atoms with Gasteiger partial charge < -0.3 is 10.2 Å². The molecule has 0 spiro atoms. The van der Waals surface area contributed by atoms with Gasteiger partial charge in [0.25, 0.3) is 0 Å². The van der Waals surface area contributed by atoms with E-state index in [4.69, 9.17) is 11.6 Å². The summed E-state index contributed by atoms with van der Waals surface area (Å²) in [4.78, 5) is 2.20. The van der Waals surface area contributed by atoms with E-state index in [0.717, 1.165) is 41.3 Å². The van der Waals surface area contributed by atoms with Crippen LogP contribution >= 0.6 is 11.6 Å². The Morgan fingerprint density at radius 1 is 1.07 bits per heavy atom. The molecule has 1 unspecified atom stereocenters. The Labute approximate surface area is 164 Å². The van der Waals surface area contributed by atoms with Gasteiger partial charge in [-0.2, -0.15) is 0 Å². The summed E-state index contributed by atoms with van der Waals surface area (Å²) in [6.07, 6.45) is 2.16. The summed E-state index contributed by atoms with van der Waals surface area (Å²) in [5.41, 5.74) is 6.04. The van der Waals surface area contributed by atoms with Crippen LogP contribution in [0.5, 0.6) is 0 Å². The summed E-state index contributed by atoms with van der Waals surface area (Å²) in [6, 6.07) is 21.5. The van der Waals surface area contributed by atoms with Crippen molar-refractivity contribution in [3.8, 4) is 0 Å². The predicted octanol–water partition coefficient (Wildman–Crippen LogP) is 6.21. The average Bonchev–Trinajstić information content (AvgIpc) is 3.06. The highest BCUT2D eigenvalue weighted by atomic mass is 35.5. The summed E-state index contributed by atoms with van der Waals surface area (Å²) in [5.74, 6) is -0.200. The third-order valence-corrected chi connectivity index (χ3v) is 5.38. The fourth-order valence-electron chi connectivity index (χ4n) is 3.71. The van der Waals surface area contributed by atoms with Crippen molar-refractivity contribution < 1.29 is 4.39 Å². The number of hydrogen-bond acceptors (Lipinski definition) is 2. The second-order valence-electron chi connectivity index (χ2n) is 7.11. The van der Waals surface area contributed by atoms with Crippen molar-refractivity contribution in [1.29, 1.82) is 0 Å². The third-order valence-electron chi connectivity index (χ3n) is 5.15. The van der Waals surface area contributed by atoms with E-state index in [2.05, 4.69) is 35.5 Å². The largest absolute Gasteiger partial charge is 0.378 e. The molecule has 4 rings (SSSR count). The molecule has 0 saturated carbocycles. The molecule has 27 heavy (non-hydrogen) atoms. The molecule has 1 aliphatic rings. The van der Waals surface area contributed by atoms with Crippen LogP contribution in [0.4, 0.5) is 15.8 Å². The second-order valence-corrected chi connectivity index (χ2v) is 7.55. The number of halogens is 2. The maximum Gasteiger partial charge on any atom is 0.123 e. The minimum absolute atomic E-state index is 0.200. The monoisotopic (exact) mass is 380 g/mol. The molecule has 0 fully saturated rings. The minimum atomic E-state index is -0.200. The topological polar surface area (TPSA) is 15.3 Å². The van der Waals surface area contributed by atoms with Gasteiger partial charge in [-0.1, -0.05) is 35.9 Å². The van der Waals surface area contributed by atoms with E-state index >= 15 is 0 Å². The number of benzene rings is 3. The Kier molecular flexibility index (Phi) is 5.04. The van der Waals surface area contributed by atoms with Crippen molar-refractivity contribution >= 4 is 23.0 Å². The van der Waals surface area contributed by atoms with Crippen molar-refractivity contribution in [2.45, 2.75) is 25.4 Å². The lowest BCUT2D eigenvalue weighted by Crippen LogP contribution is -2.17. The van der Waals surface area contributed by atoms with E-state index in [1.165, 1.54) is 23.3 Å². The van der Waals surface area contributed by atoms with Gasteiger partial charge in [-0.25, -0.2) is 4.39 Å². The first-order valence-electron chi connectivity index (χ1n) is 9.19. The normalized spacial score (nSPS) is 15.4. The molecule has 0 bridgehead atoms. The Morgan fingerprint density at radius 3 is 2.67 bits per heavy atom. The van der Waals surface area contributed by atoms with E-state index in [0.29, 0.717) is 0 Å². The van der Waals surface area contributed by atoms with Gasteiger partial charge in [0.2, 0.25) is 0 Å². The van der Waals surface area contributed by atoms with Gasteiger partial charge in [-0.15, -0.1) is 0 Å². The molecule has 0 radical (unpaired) electrons. The quantitative estimate of drug-likeness (QED) is 0.565. The van der Waals surface area contributed by atoms with Crippen LogP contribution in [-0.2, 0) is 13.0 Å². The summed E-state index contributed by atoms with van der Waals surface area (Å²) in [7, 11) is 2.07. The first kappa shape index (κ1) is 17.9. The van der Waals surface area contributed by atoms with E-state index < -0.39 is 0 Å². The lowest BCUT2D eigenvalue weighted by Gasteiger charge is -2.22. The van der Waals surface area contributed by atoms with Crippen LogP contribution in [0.1, 0.15) is 29.2 Å². The lowest BCUT2D eigenvalue weighted by atomic mass is 10.1. The molecule has 0 saturated heterocycles. The average molecular weight is 381 g/mol. The fraction of sp³-hybridized carbons (Fsp3) is 0.217. The fourth-order valence-corrected chi connectivity index (χ4v) is 3.90. The first-order valence-corrected chi connectivity index (χ1v) is 9.57. The number of nitrogens with one attached hydrogen (secondary N) is 1. The van der Waals surface area contributed by atoms with Crippen molar-refractivity contribution in [3.63, 3.8) is 0 Å². The highest BCUT2D eigenvalue weighted by Gasteiger charge is 2.23. The molecule has 0 aromatic heterocycles. The molecule has 3 aromatic rings. The smallest absolute Gasteiger partial charge is 0.123 e. The molecule has 138 valence electrons. The molecule has 1 atom stereocenters. The molecule has 1 aliphatic carbocycles. The number of fused-ring (bicyclic) bond motifs is 1. The molecule has 1 N–H and O–H groups in total. The molecule has 0 aliphatic heterocycles. The zero-order valence-electron chi connectivity index (χ0n) is 15.3. The predicted molar refractivity (Wildman–Crippen MR) is 111 cm³/mol. The summed E-state index contributed by atoms with van der Waals surface area (Å²) < 4.78 is 13.1. The van der Waals surface area contributed by atoms with E-state index in [9.17, 15) is 4.39 Å². The van der Waals surface area contributed by atoms with Gasteiger partial charge in [0.1, 0.15) is 5.82 Å². The number of rotatable bonds is 5. The zero-order chi connectivity index (χ0) is 18.8. The highest BCUT2D eigenvalue weighted by Crippen LogP contribution is 2.36. The number of anilines is 2. The Morgan fingerprint density at radius 2 is 1.89 bits per heavy atom. The third kappa shape index (κ3) is 4.09. The van der Waals surface area contributed by atoms with Gasteiger partial charge in [-0.3, -0.25) is 0 Å². The highest BCUT2D eigenvalue weighted by molar-refractivity contribution is 6.30. The molecule has 3 aromatic carbocycles.